The minimum atomic E-state index is -2.86. The second-order valence-corrected chi connectivity index (χ2v) is 8.61. The third-order valence-corrected chi connectivity index (χ3v) is 6.47. The van der Waals surface area contributed by atoms with Crippen LogP contribution in [-0.2, 0) is 16.4 Å². The van der Waals surface area contributed by atoms with Crippen LogP contribution in [0.4, 0.5) is 4.39 Å². The van der Waals surface area contributed by atoms with Crippen LogP contribution in [0.1, 0.15) is 12.0 Å². The molecule has 0 amide bonds. The van der Waals surface area contributed by atoms with Crippen LogP contribution in [0.15, 0.2) is 28.1 Å². The number of hydrogen-bond donors (Lipinski definition) is 2. The lowest BCUT2D eigenvalue weighted by atomic mass is 10.1. The predicted octanol–water partition coefficient (Wildman–Crippen LogP) is 1.65. The molecule has 1 fully saturated rings. The Labute approximate surface area is 141 Å². The fourth-order valence-corrected chi connectivity index (χ4v) is 5.02. The molecular formula is C15H22FN3O2S2. The maximum absolute atomic E-state index is 13.4. The third-order valence-electron chi connectivity index (χ3n) is 3.80. The van der Waals surface area contributed by atoms with Crippen LogP contribution in [0.5, 0.6) is 0 Å². The van der Waals surface area contributed by atoms with Crippen LogP contribution in [-0.4, -0.2) is 45.7 Å². The summed E-state index contributed by atoms with van der Waals surface area (Å²) in [4.78, 5) is 5.13. The molecule has 1 unspecified atom stereocenters. The Bertz CT molecular complexity index is 677. The van der Waals surface area contributed by atoms with Gasteiger partial charge in [0, 0.05) is 25.0 Å². The summed E-state index contributed by atoms with van der Waals surface area (Å²) < 4.78 is 36.3. The van der Waals surface area contributed by atoms with E-state index in [4.69, 9.17) is 0 Å². The van der Waals surface area contributed by atoms with Crippen LogP contribution in [0.3, 0.4) is 0 Å². The summed E-state index contributed by atoms with van der Waals surface area (Å²) in [6.07, 6.45) is 2.64. The summed E-state index contributed by atoms with van der Waals surface area (Å²) in [5.74, 6) is 0.947. The molecule has 0 aliphatic carbocycles. The highest BCUT2D eigenvalue weighted by Gasteiger charge is 2.27. The molecule has 2 N–H and O–H groups in total. The number of hydrogen-bond acceptors (Lipinski definition) is 4. The van der Waals surface area contributed by atoms with E-state index in [1.807, 2.05) is 6.26 Å². The normalized spacial score (nSPS) is 20.5. The standard InChI is InChI=1S/C15H22FN3O2S2/c1-17-15(18-8-11-5-6-23(20,21)10-11)19-9-12-7-13(16)3-4-14(12)22-2/h3-4,7,11H,5-6,8-10H2,1-2H3,(H2,17,18,19). The number of guanidine groups is 1. The Hall–Kier alpha value is -1.28. The molecule has 1 atom stereocenters. The van der Waals surface area contributed by atoms with Gasteiger partial charge in [-0.25, -0.2) is 12.8 Å². The van der Waals surface area contributed by atoms with Crippen molar-refractivity contribution in [1.29, 1.82) is 0 Å². The average Bonchev–Trinajstić information content (AvgIpc) is 2.87. The van der Waals surface area contributed by atoms with E-state index in [2.05, 4.69) is 15.6 Å². The van der Waals surface area contributed by atoms with Crippen molar-refractivity contribution in [2.24, 2.45) is 10.9 Å². The largest absolute Gasteiger partial charge is 0.356 e. The van der Waals surface area contributed by atoms with Crippen LogP contribution in [0.25, 0.3) is 0 Å². The number of sulfone groups is 1. The maximum atomic E-state index is 13.4. The molecule has 1 aliphatic rings. The first kappa shape index (κ1) is 18.1. The lowest BCUT2D eigenvalue weighted by Crippen LogP contribution is -2.39. The zero-order chi connectivity index (χ0) is 16.9. The number of halogens is 1. The van der Waals surface area contributed by atoms with Gasteiger partial charge in [0.25, 0.3) is 0 Å². The third kappa shape index (κ3) is 5.39. The second-order valence-electron chi connectivity index (χ2n) is 5.53. The van der Waals surface area contributed by atoms with Gasteiger partial charge in [-0.3, -0.25) is 4.99 Å². The molecule has 1 aromatic carbocycles. The predicted molar refractivity (Wildman–Crippen MR) is 93.1 cm³/mol. The Morgan fingerprint density at radius 1 is 1.43 bits per heavy atom. The van der Waals surface area contributed by atoms with Crippen molar-refractivity contribution in [1.82, 2.24) is 10.6 Å². The topological polar surface area (TPSA) is 70.6 Å². The van der Waals surface area contributed by atoms with Crippen molar-refractivity contribution < 1.29 is 12.8 Å². The smallest absolute Gasteiger partial charge is 0.191 e. The van der Waals surface area contributed by atoms with E-state index in [9.17, 15) is 12.8 Å². The van der Waals surface area contributed by atoms with E-state index >= 15 is 0 Å². The van der Waals surface area contributed by atoms with Crippen LogP contribution < -0.4 is 10.6 Å². The number of nitrogens with one attached hydrogen (secondary N) is 2. The quantitative estimate of drug-likeness (QED) is 0.475. The second kappa shape index (κ2) is 8.01. The fourth-order valence-electron chi connectivity index (χ4n) is 2.56. The molecule has 128 valence electrons. The van der Waals surface area contributed by atoms with Crippen molar-refractivity contribution in [2.75, 3.05) is 31.4 Å². The minimum absolute atomic E-state index is 0.120. The first-order valence-electron chi connectivity index (χ1n) is 7.41. The minimum Gasteiger partial charge on any atom is -0.356 e. The summed E-state index contributed by atoms with van der Waals surface area (Å²) in [6.45, 7) is 1.02. The van der Waals surface area contributed by atoms with E-state index in [0.717, 1.165) is 10.5 Å². The molecule has 1 aliphatic heterocycles. The Morgan fingerprint density at radius 2 is 2.22 bits per heavy atom. The Morgan fingerprint density at radius 3 is 2.83 bits per heavy atom. The van der Waals surface area contributed by atoms with Gasteiger partial charge in [-0.1, -0.05) is 0 Å². The molecule has 1 aromatic rings. The summed E-state index contributed by atoms with van der Waals surface area (Å²) in [5, 5.41) is 6.29. The van der Waals surface area contributed by atoms with E-state index in [1.165, 1.54) is 12.1 Å². The van der Waals surface area contributed by atoms with E-state index < -0.39 is 9.84 Å². The molecule has 23 heavy (non-hydrogen) atoms. The van der Waals surface area contributed by atoms with E-state index in [-0.39, 0.29) is 23.2 Å². The highest BCUT2D eigenvalue weighted by molar-refractivity contribution is 7.98. The van der Waals surface area contributed by atoms with Gasteiger partial charge in [-0.15, -0.1) is 11.8 Å². The van der Waals surface area contributed by atoms with E-state index in [1.54, 1.807) is 24.9 Å². The molecule has 1 heterocycles. The van der Waals surface area contributed by atoms with Gasteiger partial charge in [-0.05, 0) is 42.4 Å². The number of nitrogens with zero attached hydrogens (tertiary/aromatic N) is 1. The number of benzene rings is 1. The first-order chi connectivity index (χ1) is 10.9. The Balaban J connectivity index is 1.87. The maximum Gasteiger partial charge on any atom is 0.191 e. The van der Waals surface area contributed by atoms with Gasteiger partial charge in [0.1, 0.15) is 5.82 Å². The van der Waals surface area contributed by atoms with Crippen LogP contribution in [0, 0.1) is 11.7 Å². The van der Waals surface area contributed by atoms with E-state index in [0.29, 0.717) is 25.5 Å². The van der Waals surface area contributed by atoms with Crippen molar-refractivity contribution in [2.45, 2.75) is 17.9 Å². The zero-order valence-corrected chi connectivity index (χ0v) is 14.9. The SMILES string of the molecule is CN=C(NCc1cc(F)ccc1SC)NCC1CCS(=O)(=O)C1. The lowest BCUT2D eigenvalue weighted by Gasteiger charge is -2.15. The van der Waals surface area contributed by atoms with Crippen LogP contribution in [0.2, 0.25) is 0 Å². The highest BCUT2D eigenvalue weighted by Crippen LogP contribution is 2.21. The lowest BCUT2D eigenvalue weighted by molar-refractivity contribution is 0.567. The van der Waals surface area contributed by atoms with Gasteiger partial charge in [-0.2, -0.15) is 0 Å². The summed E-state index contributed by atoms with van der Waals surface area (Å²) in [7, 11) is -1.21. The van der Waals surface area contributed by atoms with Gasteiger partial charge in [0.15, 0.2) is 15.8 Å². The number of aliphatic imine (C=N–C) groups is 1. The van der Waals surface area contributed by atoms with Gasteiger partial charge >= 0.3 is 0 Å². The van der Waals surface area contributed by atoms with Crippen LogP contribution >= 0.6 is 11.8 Å². The molecular weight excluding hydrogens is 337 g/mol. The summed E-state index contributed by atoms with van der Waals surface area (Å²) >= 11 is 1.56. The monoisotopic (exact) mass is 359 g/mol. The molecule has 8 heteroatoms. The zero-order valence-electron chi connectivity index (χ0n) is 13.3. The van der Waals surface area contributed by atoms with Gasteiger partial charge < -0.3 is 10.6 Å². The number of thioether (sulfide) groups is 1. The fraction of sp³-hybridized carbons (Fsp3) is 0.533. The van der Waals surface area contributed by atoms with Crippen molar-refractivity contribution in [3.05, 3.63) is 29.6 Å². The first-order valence-corrected chi connectivity index (χ1v) is 10.5. The molecule has 1 saturated heterocycles. The Kier molecular flexibility index (Phi) is 6.29. The molecule has 5 nitrogen and oxygen atoms in total. The molecule has 0 aromatic heterocycles. The molecule has 2 rings (SSSR count). The molecule has 0 radical (unpaired) electrons. The summed E-state index contributed by atoms with van der Waals surface area (Å²) in [6, 6.07) is 4.72. The van der Waals surface area contributed by atoms with Gasteiger partial charge in [0.05, 0.1) is 11.5 Å². The average molecular weight is 359 g/mol. The molecule has 0 bridgehead atoms. The molecule has 0 spiro atoms. The number of rotatable bonds is 5. The van der Waals surface area contributed by atoms with Crippen molar-refractivity contribution in [3.8, 4) is 0 Å². The van der Waals surface area contributed by atoms with Gasteiger partial charge in [0.2, 0.25) is 0 Å². The molecule has 0 saturated carbocycles. The highest BCUT2D eigenvalue weighted by atomic mass is 32.2. The van der Waals surface area contributed by atoms with Crippen molar-refractivity contribution in [3.63, 3.8) is 0 Å². The summed E-state index contributed by atoms with van der Waals surface area (Å²) in [5.41, 5.74) is 0.865. The van der Waals surface area contributed by atoms with Crippen molar-refractivity contribution >= 4 is 27.6 Å².